The van der Waals surface area contributed by atoms with Crippen molar-refractivity contribution in [2.45, 2.75) is 19.4 Å². The fourth-order valence-electron chi connectivity index (χ4n) is 2.32. The van der Waals surface area contributed by atoms with E-state index in [1.54, 1.807) is 11.3 Å². The number of nitrogens with one attached hydrogen (secondary N) is 1. The second-order valence-corrected chi connectivity index (χ2v) is 5.40. The fraction of sp³-hybridized carbons (Fsp3) is 0.357. The molecule has 0 amide bonds. The first-order chi connectivity index (χ1) is 8.78. The standard InChI is InChI=1S/C14H16N2OS/c1-9-8-18-14(16-9)13(15-2)11-3-4-12-10(7-11)5-6-17-12/h3-4,7-8,13,15H,5-6H2,1-2H3. The molecule has 94 valence electrons. The monoisotopic (exact) mass is 260 g/mol. The summed E-state index contributed by atoms with van der Waals surface area (Å²) < 4.78 is 5.54. The van der Waals surface area contributed by atoms with Crippen LogP contribution >= 0.6 is 11.3 Å². The summed E-state index contributed by atoms with van der Waals surface area (Å²) in [6.07, 6.45) is 1.01. The Balaban J connectivity index is 1.96. The molecule has 0 spiro atoms. The van der Waals surface area contributed by atoms with Crippen molar-refractivity contribution in [1.82, 2.24) is 10.3 Å². The Hall–Kier alpha value is -1.39. The van der Waals surface area contributed by atoms with E-state index in [9.17, 15) is 0 Å². The Morgan fingerprint density at radius 3 is 3.06 bits per heavy atom. The van der Waals surface area contributed by atoms with Crippen molar-refractivity contribution in [3.05, 3.63) is 45.4 Å². The third-order valence-corrected chi connectivity index (χ3v) is 4.25. The van der Waals surface area contributed by atoms with Crippen LogP contribution in [0.2, 0.25) is 0 Å². The van der Waals surface area contributed by atoms with Gasteiger partial charge < -0.3 is 10.1 Å². The van der Waals surface area contributed by atoms with Crippen molar-refractivity contribution in [2.75, 3.05) is 13.7 Å². The summed E-state index contributed by atoms with van der Waals surface area (Å²) in [5, 5.41) is 6.56. The Kier molecular flexibility index (Phi) is 3.06. The molecule has 1 unspecified atom stereocenters. The molecule has 2 aromatic rings. The molecule has 1 aromatic carbocycles. The summed E-state index contributed by atoms with van der Waals surface area (Å²) in [5.41, 5.74) is 3.65. The largest absolute Gasteiger partial charge is 0.493 e. The number of ether oxygens (including phenoxy) is 1. The van der Waals surface area contributed by atoms with E-state index in [4.69, 9.17) is 4.74 Å². The van der Waals surface area contributed by atoms with Crippen molar-refractivity contribution in [1.29, 1.82) is 0 Å². The first kappa shape index (κ1) is 11.7. The maximum absolute atomic E-state index is 5.54. The van der Waals surface area contributed by atoms with E-state index in [-0.39, 0.29) is 6.04 Å². The van der Waals surface area contributed by atoms with Gasteiger partial charge in [-0.25, -0.2) is 4.98 Å². The number of benzene rings is 1. The van der Waals surface area contributed by atoms with Crippen molar-refractivity contribution in [3.8, 4) is 5.75 Å². The van der Waals surface area contributed by atoms with Gasteiger partial charge in [0.05, 0.1) is 12.6 Å². The van der Waals surface area contributed by atoms with E-state index in [2.05, 4.69) is 33.9 Å². The minimum Gasteiger partial charge on any atom is -0.493 e. The highest BCUT2D eigenvalue weighted by atomic mass is 32.1. The van der Waals surface area contributed by atoms with Gasteiger partial charge in [-0.15, -0.1) is 11.3 Å². The number of nitrogens with zero attached hydrogens (tertiary/aromatic N) is 1. The lowest BCUT2D eigenvalue weighted by molar-refractivity contribution is 0.357. The van der Waals surface area contributed by atoms with Crippen molar-refractivity contribution < 1.29 is 4.74 Å². The number of fused-ring (bicyclic) bond motifs is 1. The summed E-state index contributed by atoms with van der Waals surface area (Å²) in [6, 6.07) is 6.61. The minimum absolute atomic E-state index is 0.176. The smallest absolute Gasteiger partial charge is 0.122 e. The van der Waals surface area contributed by atoms with E-state index in [0.29, 0.717) is 0 Å². The Bertz CT molecular complexity index is 565. The van der Waals surface area contributed by atoms with Crippen molar-refractivity contribution >= 4 is 11.3 Å². The van der Waals surface area contributed by atoms with Gasteiger partial charge in [0, 0.05) is 17.5 Å². The van der Waals surface area contributed by atoms with Gasteiger partial charge in [0.1, 0.15) is 10.8 Å². The molecule has 0 saturated heterocycles. The molecule has 0 fully saturated rings. The van der Waals surface area contributed by atoms with Gasteiger partial charge in [-0.1, -0.05) is 6.07 Å². The van der Waals surface area contributed by atoms with E-state index < -0.39 is 0 Å². The van der Waals surface area contributed by atoms with Crippen LogP contribution in [-0.4, -0.2) is 18.6 Å². The molecule has 3 nitrogen and oxygen atoms in total. The average Bonchev–Trinajstić information content (AvgIpc) is 2.99. The lowest BCUT2D eigenvalue weighted by Crippen LogP contribution is -2.17. The number of rotatable bonds is 3. The van der Waals surface area contributed by atoms with Crippen LogP contribution in [-0.2, 0) is 6.42 Å². The van der Waals surface area contributed by atoms with Crippen molar-refractivity contribution in [3.63, 3.8) is 0 Å². The third kappa shape index (κ3) is 2.02. The molecular formula is C14H16N2OS. The Morgan fingerprint density at radius 2 is 2.33 bits per heavy atom. The summed E-state index contributed by atoms with van der Waals surface area (Å²) in [6.45, 7) is 2.84. The summed E-state index contributed by atoms with van der Waals surface area (Å²) in [5.74, 6) is 1.03. The van der Waals surface area contributed by atoms with E-state index in [1.165, 1.54) is 11.1 Å². The van der Waals surface area contributed by atoms with Crippen LogP contribution in [0.3, 0.4) is 0 Å². The maximum Gasteiger partial charge on any atom is 0.122 e. The molecule has 0 aliphatic carbocycles. The zero-order chi connectivity index (χ0) is 12.5. The normalized spacial score (nSPS) is 15.2. The zero-order valence-electron chi connectivity index (χ0n) is 10.6. The molecule has 1 aliphatic heterocycles. The molecule has 0 saturated carbocycles. The van der Waals surface area contributed by atoms with Crippen LogP contribution in [0.1, 0.15) is 27.9 Å². The van der Waals surface area contributed by atoms with E-state index >= 15 is 0 Å². The average molecular weight is 260 g/mol. The van der Waals surface area contributed by atoms with Gasteiger partial charge in [-0.05, 0) is 37.2 Å². The van der Waals surface area contributed by atoms with Crippen LogP contribution in [0.15, 0.2) is 23.6 Å². The molecule has 1 atom stereocenters. The lowest BCUT2D eigenvalue weighted by Gasteiger charge is -2.14. The molecule has 0 radical (unpaired) electrons. The molecule has 1 aliphatic rings. The molecule has 3 rings (SSSR count). The molecule has 4 heteroatoms. The van der Waals surface area contributed by atoms with Crippen LogP contribution in [0.5, 0.6) is 5.75 Å². The molecular weight excluding hydrogens is 244 g/mol. The molecule has 1 N–H and O–H groups in total. The van der Waals surface area contributed by atoms with E-state index in [1.807, 2.05) is 14.0 Å². The molecule has 1 aromatic heterocycles. The number of hydrogen-bond acceptors (Lipinski definition) is 4. The highest BCUT2D eigenvalue weighted by Crippen LogP contribution is 2.31. The predicted octanol–water partition coefficient (Wildman–Crippen LogP) is 2.70. The molecule has 0 bridgehead atoms. The van der Waals surface area contributed by atoms with Crippen LogP contribution in [0.25, 0.3) is 0 Å². The lowest BCUT2D eigenvalue weighted by atomic mass is 10.0. The second kappa shape index (κ2) is 4.71. The SMILES string of the molecule is CNC(c1ccc2c(c1)CCO2)c1nc(C)cs1. The second-order valence-electron chi connectivity index (χ2n) is 4.51. The molecule has 2 heterocycles. The Labute approximate surface area is 111 Å². The van der Waals surface area contributed by atoms with Crippen molar-refractivity contribution in [2.24, 2.45) is 0 Å². The first-order valence-electron chi connectivity index (χ1n) is 6.13. The van der Waals surface area contributed by atoms with Gasteiger partial charge in [0.15, 0.2) is 0 Å². The van der Waals surface area contributed by atoms with Crippen LogP contribution in [0.4, 0.5) is 0 Å². The van der Waals surface area contributed by atoms with E-state index in [0.717, 1.165) is 29.5 Å². The fourth-order valence-corrected chi connectivity index (χ4v) is 3.25. The zero-order valence-corrected chi connectivity index (χ0v) is 11.4. The highest BCUT2D eigenvalue weighted by Gasteiger charge is 2.19. The summed E-state index contributed by atoms with van der Waals surface area (Å²) in [4.78, 5) is 4.58. The van der Waals surface area contributed by atoms with Crippen LogP contribution < -0.4 is 10.1 Å². The van der Waals surface area contributed by atoms with Gasteiger partial charge in [0.25, 0.3) is 0 Å². The van der Waals surface area contributed by atoms with Gasteiger partial charge in [-0.2, -0.15) is 0 Å². The van der Waals surface area contributed by atoms with Crippen LogP contribution in [0, 0.1) is 6.92 Å². The Morgan fingerprint density at radius 1 is 1.44 bits per heavy atom. The number of aryl methyl sites for hydroxylation is 1. The number of thiazole rings is 1. The topological polar surface area (TPSA) is 34.1 Å². The molecule has 18 heavy (non-hydrogen) atoms. The summed E-state index contributed by atoms with van der Waals surface area (Å²) in [7, 11) is 1.98. The maximum atomic E-state index is 5.54. The predicted molar refractivity (Wildman–Crippen MR) is 73.4 cm³/mol. The van der Waals surface area contributed by atoms with Gasteiger partial charge in [-0.3, -0.25) is 0 Å². The van der Waals surface area contributed by atoms with Gasteiger partial charge in [0.2, 0.25) is 0 Å². The highest BCUT2D eigenvalue weighted by molar-refractivity contribution is 7.09. The minimum atomic E-state index is 0.176. The third-order valence-electron chi connectivity index (χ3n) is 3.22. The quantitative estimate of drug-likeness (QED) is 0.921. The number of hydrogen-bond donors (Lipinski definition) is 1. The number of aromatic nitrogens is 1. The first-order valence-corrected chi connectivity index (χ1v) is 7.01. The summed E-state index contributed by atoms with van der Waals surface area (Å²) >= 11 is 1.71. The van der Waals surface area contributed by atoms with Gasteiger partial charge >= 0.3 is 0 Å².